The third-order valence-corrected chi connectivity index (χ3v) is 4.96. The molecular weight excluding hydrogens is 422 g/mol. The summed E-state index contributed by atoms with van der Waals surface area (Å²) in [6.07, 6.45) is 3.26. The normalized spacial score (nSPS) is 17.6. The fourth-order valence-electron chi connectivity index (χ4n) is 3.25. The number of hydrogen-bond donors (Lipinski definition) is 0. The first-order valence-electron chi connectivity index (χ1n) is 9.71. The third kappa shape index (κ3) is 6.66. The molecule has 0 aliphatic carbocycles. The second-order valence-electron chi connectivity index (χ2n) is 8.14. The van der Waals surface area contributed by atoms with Gasteiger partial charge in [0, 0.05) is 28.8 Å². The van der Waals surface area contributed by atoms with Crippen LogP contribution in [0.4, 0.5) is 5.69 Å². The van der Waals surface area contributed by atoms with E-state index in [0.29, 0.717) is 18.6 Å². The number of benzene rings is 1. The van der Waals surface area contributed by atoms with Crippen LogP contribution in [0, 0.1) is 5.92 Å². The van der Waals surface area contributed by atoms with Gasteiger partial charge in [0.15, 0.2) is 0 Å². The summed E-state index contributed by atoms with van der Waals surface area (Å²) in [4.78, 5) is 26.4. The predicted octanol–water partition coefficient (Wildman–Crippen LogP) is 4.97. The molecule has 0 aromatic heterocycles. The van der Waals surface area contributed by atoms with E-state index < -0.39 is 5.60 Å². The molecule has 154 valence electrons. The van der Waals surface area contributed by atoms with E-state index >= 15 is 0 Å². The van der Waals surface area contributed by atoms with Crippen LogP contribution in [0.1, 0.15) is 53.0 Å². The van der Waals surface area contributed by atoms with Crippen molar-refractivity contribution in [2.75, 3.05) is 24.6 Å². The van der Waals surface area contributed by atoms with Gasteiger partial charge in [0.1, 0.15) is 5.60 Å². The van der Waals surface area contributed by atoms with Gasteiger partial charge in [0.2, 0.25) is 0 Å². The number of esters is 2. The largest absolute Gasteiger partial charge is 0.466 e. The van der Waals surface area contributed by atoms with Crippen molar-refractivity contribution >= 4 is 39.6 Å². The van der Waals surface area contributed by atoms with E-state index in [1.54, 1.807) is 6.92 Å². The van der Waals surface area contributed by atoms with Crippen LogP contribution in [0.2, 0.25) is 0 Å². The van der Waals surface area contributed by atoms with Crippen molar-refractivity contribution in [3.63, 3.8) is 0 Å². The van der Waals surface area contributed by atoms with Crippen LogP contribution in [0.25, 0.3) is 6.08 Å². The van der Waals surface area contributed by atoms with Gasteiger partial charge in [-0.15, -0.1) is 0 Å². The van der Waals surface area contributed by atoms with Gasteiger partial charge in [0.05, 0.1) is 13.0 Å². The summed E-state index contributed by atoms with van der Waals surface area (Å²) in [7, 11) is 0. The molecule has 0 spiro atoms. The molecule has 1 aromatic carbocycles. The molecule has 0 amide bonds. The van der Waals surface area contributed by atoms with Gasteiger partial charge in [-0.1, -0.05) is 15.9 Å². The van der Waals surface area contributed by atoms with Crippen LogP contribution in [-0.4, -0.2) is 37.2 Å². The number of nitrogens with zero attached hydrogens (tertiary/aromatic N) is 1. The minimum Gasteiger partial charge on any atom is -0.466 e. The van der Waals surface area contributed by atoms with Gasteiger partial charge in [-0.25, -0.2) is 4.79 Å². The second-order valence-corrected chi connectivity index (χ2v) is 9.06. The molecule has 5 nitrogen and oxygen atoms in total. The topological polar surface area (TPSA) is 55.8 Å². The van der Waals surface area contributed by atoms with Crippen molar-refractivity contribution in [1.82, 2.24) is 0 Å². The van der Waals surface area contributed by atoms with Crippen LogP contribution < -0.4 is 4.90 Å². The molecular formula is C22H30BrNO4. The molecule has 0 radical (unpaired) electrons. The average molecular weight is 452 g/mol. The van der Waals surface area contributed by atoms with E-state index in [2.05, 4.69) is 20.8 Å². The molecule has 1 heterocycles. The second kappa shape index (κ2) is 9.59. The van der Waals surface area contributed by atoms with Gasteiger partial charge < -0.3 is 14.4 Å². The molecule has 6 heteroatoms. The summed E-state index contributed by atoms with van der Waals surface area (Å²) >= 11 is 3.52. The Morgan fingerprint density at radius 1 is 1.32 bits per heavy atom. The van der Waals surface area contributed by atoms with Crippen LogP contribution in [0.3, 0.4) is 0 Å². The quantitative estimate of drug-likeness (QED) is 0.451. The standard InChI is InChI=1S/C22H30BrNO4/c1-6-27-20(25)12-16-9-10-24(14-16)19-8-7-18(23)13-17(19)11-15(2)21(26)28-22(3,4)5/h7-8,11,13,16H,6,9-10,12,14H2,1-5H3/b15-11+. The molecule has 0 N–H and O–H groups in total. The predicted molar refractivity (Wildman–Crippen MR) is 115 cm³/mol. The number of anilines is 1. The summed E-state index contributed by atoms with van der Waals surface area (Å²) in [5.41, 5.74) is 2.03. The maximum absolute atomic E-state index is 12.3. The summed E-state index contributed by atoms with van der Waals surface area (Å²) < 4.78 is 11.5. The first-order valence-corrected chi connectivity index (χ1v) is 10.5. The highest BCUT2D eigenvalue weighted by Gasteiger charge is 2.26. The average Bonchev–Trinajstić information content (AvgIpc) is 3.01. The van der Waals surface area contributed by atoms with E-state index in [4.69, 9.17) is 9.47 Å². The van der Waals surface area contributed by atoms with E-state index in [1.807, 2.05) is 52.0 Å². The van der Waals surface area contributed by atoms with Crippen molar-refractivity contribution < 1.29 is 19.1 Å². The molecule has 0 bridgehead atoms. The van der Waals surface area contributed by atoms with E-state index in [-0.39, 0.29) is 17.9 Å². The highest BCUT2D eigenvalue weighted by molar-refractivity contribution is 9.10. The lowest BCUT2D eigenvalue weighted by atomic mass is 10.1. The summed E-state index contributed by atoms with van der Waals surface area (Å²) in [6.45, 7) is 11.3. The third-order valence-electron chi connectivity index (χ3n) is 4.47. The van der Waals surface area contributed by atoms with E-state index in [9.17, 15) is 9.59 Å². The van der Waals surface area contributed by atoms with Gasteiger partial charge in [-0.05, 0) is 76.8 Å². The molecule has 2 rings (SSSR count). The molecule has 1 aromatic rings. The van der Waals surface area contributed by atoms with Crippen LogP contribution >= 0.6 is 15.9 Å². The maximum Gasteiger partial charge on any atom is 0.334 e. The number of carbonyl (C=O) groups excluding carboxylic acids is 2. The molecule has 1 unspecified atom stereocenters. The zero-order valence-electron chi connectivity index (χ0n) is 17.4. The number of carbonyl (C=O) groups is 2. The smallest absolute Gasteiger partial charge is 0.334 e. The number of ether oxygens (including phenoxy) is 2. The monoisotopic (exact) mass is 451 g/mol. The minimum atomic E-state index is -0.526. The van der Waals surface area contributed by atoms with Crippen molar-refractivity contribution in [3.8, 4) is 0 Å². The first-order chi connectivity index (χ1) is 13.1. The van der Waals surface area contributed by atoms with E-state index in [1.165, 1.54) is 0 Å². The Morgan fingerprint density at radius 3 is 2.68 bits per heavy atom. The van der Waals surface area contributed by atoms with Gasteiger partial charge in [-0.3, -0.25) is 4.79 Å². The Bertz CT molecular complexity index is 751. The van der Waals surface area contributed by atoms with Crippen LogP contribution in [-0.2, 0) is 19.1 Å². The number of halogens is 1. The van der Waals surface area contributed by atoms with Crippen LogP contribution in [0.5, 0.6) is 0 Å². The minimum absolute atomic E-state index is 0.133. The maximum atomic E-state index is 12.3. The van der Waals surface area contributed by atoms with E-state index in [0.717, 1.165) is 35.2 Å². The number of rotatable bonds is 6. The van der Waals surface area contributed by atoms with Gasteiger partial charge in [-0.2, -0.15) is 0 Å². The molecule has 1 fully saturated rings. The Kier molecular flexibility index (Phi) is 7.70. The molecule has 1 aliphatic rings. The Balaban J connectivity index is 2.18. The Morgan fingerprint density at radius 2 is 2.04 bits per heavy atom. The molecule has 1 aliphatic heterocycles. The Labute approximate surface area is 176 Å². The van der Waals surface area contributed by atoms with Gasteiger partial charge >= 0.3 is 11.9 Å². The van der Waals surface area contributed by atoms with Crippen molar-refractivity contribution in [2.24, 2.45) is 5.92 Å². The Hall–Kier alpha value is -1.82. The summed E-state index contributed by atoms with van der Waals surface area (Å²) in [6, 6.07) is 6.04. The fourth-order valence-corrected chi connectivity index (χ4v) is 3.63. The van der Waals surface area contributed by atoms with Crippen molar-refractivity contribution in [3.05, 3.63) is 33.8 Å². The zero-order valence-corrected chi connectivity index (χ0v) is 19.0. The van der Waals surface area contributed by atoms with Crippen molar-refractivity contribution in [2.45, 2.75) is 53.1 Å². The van der Waals surface area contributed by atoms with Gasteiger partial charge in [0.25, 0.3) is 0 Å². The van der Waals surface area contributed by atoms with Crippen molar-refractivity contribution in [1.29, 1.82) is 0 Å². The first kappa shape index (κ1) is 22.5. The van der Waals surface area contributed by atoms with Crippen LogP contribution in [0.15, 0.2) is 28.2 Å². The fraction of sp³-hybridized carbons (Fsp3) is 0.545. The SMILES string of the molecule is CCOC(=O)CC1CCN(c2ccc(Br)cc2/C=C(\C)C(=O)OC(C)(C)C)C1. The molecule has 1 saturated heterocycles. The zero-order chi connectivity index (χ0) is 20.9. The highest BCUT2D eigenvalue weighted by Crippen LogP contribution is 2.32. The summed E-state index contributed by atoms with van der Waals surface area (Å²) in [5.74, 6) is -0.169. The highest BCUT2D eigenvalue weighted by atomic mass is 79.9. The molecule has 0 saturated carbocycles. The number of hydrogen-bond acceptors (Lipinski definition) is 5. The lowest BCUT2D eigenvalue weighted by Gasteiger charge is -2.22. The molecule has 28 heavy (non-hydrogen) atoms. The lowest BCUT2D eigenvalue weighted by molar-refractivity contribution is -0.149. The lowest BCUT2D eigenvalue weighted by Crippen LogP contribution is -2.24. The summed E-state index contributed by atoms with van der Waals surface area (Å²) in [5, 5.41) is 0. The molecule has 1 atom stereocenters.